The van der Waals surface area contributed by atoms with Gasteiger partial charge in [0.25, 0.3) is 0 Å². The fourth-order valence-corrected chi connectivity index (χ4v) is 4.46. The highest BCUT2D eigenvalue weighted by Crippen LogP contribution is 2.21. The zero-order valence-corrected chi connectivity index (χ0v) is 15.7. The molecule has 0 aliphatic carbocycles. The number of nitrogens with one attached hydrogen (secondary N) is 1. The predicted molar refractivity (Wildman–Crippen MR) is 98.3 cm³/mol. The van der Waals surface area contributed by atoms with E-state index in [1.165, 1.54) is 6.07 Å². The largest absolute Gasteiger partial charge is 0.351 e. The molecule has 1 aromatic heterocycles. The number of thiophene rings is 1. The van der Waals surface area contributed by atoms with Crippen molar-refractivity contribution in [1.29, 1.82) is 0 Å². The van der Waals surface area contributed by atoms with Crippen molar-refractivity contribution in [2.24, 2.45) is 5.92 Å². The van der Waals surface area contributed by atoms with Crippen molar-refractivity contribution in [3.05, 3.63) is 56.4 Å². The van der Waals surface area contributed by atoms with Crippen LogP contribution in [0.1, 0.15) is 23.3 Å². The molecule has 1 unspecified atom stereocenters. The topological polar surface area (TPSA) is 32.3 Å². The Hall–Kier alpha value is -1.24. The van der Waals surface area contributed by atoms with Crippen molar-refractivity contribution in [3.63, 3.8) is 0 Å². The first kappa shape index (κ1) is 17.6. The lowest BCUT2D eigenvalue weighted by molar-refractivity contribution is -0.126. The van der Waals surface area contributed by atoms with E-state index in [-0.39, 0.29) is 17.6 Å². The van der Waals surface area contributed by atoms with E-state index in [2.05, 4.69) is 26.1 Å². The van der Waals surface area contributed by atoms with Crippen molar-refractivity contribution in [2.45, 2.75) is 25.9 Å². The number of hydrogen-bond acceptors (Lipinski definition) is 3. The number of halogens is 2. The van der Waals surface area contributed by atoms with E-state index >= 15 is 0 Å². The van der Waals surface area contributed by atoms with Crippen LogP contribution in [0, 0.1) is 11.7 Å². The molecule has 0 radical (unpaired) electrons. The number of benzene rings is 1. The molecule has 24 heavy (non-hydrogen) atoms. The van der Waals surface area contributed by atoms with Crippen LogP contribution in [0.4, 0.5) is 4.39 Å². The maximum absolute atomic E-state index is 13.3. The average molecular weight is 411 g/mol. The summed E-state index contributed by atoms with van der Waals surface area (Å²) in [5.41, 5.74) is 0.958. The highest BCUT2D eigenvalue weighted by Gasteiger charge is 2.25. The second-order valence-electron chi connectivity index (χ2n) is 6.15. The van der Waals surface area contributed by atoms with Gasteiger partial charge in [0.05, 0.1) is 12.5 Å². The number of rotatable bonds is 5. The quantitative estimate of drug-likeness (QED) is 0.801. The highest BCUT2D eigenvalue weighted by atomic mass is 79.9. The summed E-state index contributed by atoms with van der Waals surface area (Å²) in [4.78, 5) is 15.8. The van der Waals surface area contributed by atoms with Gasteiger partial charge in [0.15, 0.2) is 0 Å². The molecule has 1 aliphatic heterocycles. The maximum atomic E-state index is 13.3. The van der Waals surface area contributed by atoms with Crippen molar-refractivity contribution in [3.8, 4) is 0 Å². The molecule has 0 saturated carbocycles. The summed E-state index contributed by atoms with van der Waals surface area (Å²) in [5, 5.41) is 5.06. The minimum atomic E-state index is -0.207. The minimum absolute atomic E-state index is 0.00992. The molecule has 0 bridgehead atoms. The van der Waals surface area contributed by atoms with Gasteiger partial charge in [0.1, 0.15) is 5.82 Å². The summed E-state index contributed by atoms with van der Waals surface area (Å²) < 4.78 is 14.4. The van der Waals surface area contributed by atoms with Gasteiger partial charge in [-0.2, -0.15) is 0 Å². The van der Waals surface area contributed by atoms with Gasteiger partial charge >= 0.3 is 0 Å². The van der Waals surface area contributed by atoms with Crippen LogP contribution in [0.3, 0.4) is 0 Å². The third-order valence-corrected chi connectivity index (χ3v) is 5.93. The van der Waals surface area contributed by atoms with Crippen LogP contribution in [0.25, 0.3) is 0 Å². The van der Waals surface area contributed by atoms with Crippen LogP contribution in [-0.4, -0.2) is 23.9 Å². The van der Waals surface area contributed by atoms with Crippen molar-refractivity contribution < 1.29 is 9.18 Å². The van der Waals surface area contributed by atoms with Crippen LogP contribution < -0.4 is 5.32 Å². The lowest BCUT2D eigenvalue weighted by Gasteiger charge is -2.32. The molecule has 1 saturated heterocycles. The van der Waals surface area contributed by atoms with Gasteiger partial charge < -0.3 is 5.32 Å². The third-order valence-electron chi connectivity index (χ3n) is 4.23. The van der Waals surface area contributed by atoms with Crippen LogP contribution in [0.5, 0.6) is 0 Å². The number of hydrogen-bond donors (Lipinski definition) is 1. The summed E-state index contributed by atoms with van der Waals surface area (Å²) in [6.07, 6.45) is 1.91. The Labute approximate surface area is 154 Å². The Bertz CT molecular complexity index is 706. The van der Waals surface area contributed by atoms with E-state index in [1.807, 2.05) is 17.5 Å². The second-order valence-corrected chi connectivity index (χ2v) is 8.06. The fourth-order valence-electron chi connectivity index (χ4n) is 3.07. The van der Waals surface area contributed by atoms with Gasteiger partial charge in [0.2, 0.25) is 5.91 Å². The fraction of sp³-hybridized carbons (Fsp3) is 0.389. The standard InChI is InChI=1S/C18H20BrFN2OS/c19-15-8-17(24-12-15)9-21-18(23)14-4-2-6-22(11-14)10-13-3-1-5-16(20)7-13/h1,3,5,7-8,12,14H,2,4,6,9-11H2,(H,21,23). The van der Waals surface area contributed by atoms with Crippen LogP contribution >= 0.6 is 27.3 Å². The number of carbonyl (C=O) groups excluding carboxylic acids is 1. The van der Waals surface area contributed by atoms with E-state index in [0.717, 1.165) is 40.8 Å². The van der Waals surface area contributed by atoms with Crippen molar-refractivity contribution >= 4 is 33.2 Å². The number of piperidine rings is 1. The number of carbonyl (C=O) groups is 1. The molecule has 1 atom stereocenters. The molecular formula is C18H20BrFN2OS. The molecule has 3 nitrogen and oxygen atoms in total. The Kier molecular flexibility index (Phi) is 6.03. The zero-order chi connectivity index (χ0) is 16.9. The first-order valence-corrected chi connectivity index (χ1v) is 9.75. The summed E-state index contributed by atoms with van der Waals surface area (Å²) in [7, 11) is 0. The van der Waals surface area contributed by atoms with Gasteiger partial charge in [-0.3, -0.25) is 9.69 Å². The number of likely N-dealkylation sites (tertiary alicyclic amines) is 1. The van der Waals surface area contributed by atoms with Crippen molar-refractivity contribution in [1.82, 2.24) is 10.2 Å². The molecule has 1 amide bonds. The van der Waals surface area contributed by atoms with Gasteiger partial charge in [-0.1, -0.05) is 12.1 Å². The van der Waals surface area contributed by atoms with E-state index in [4.69, 9.17) is 0 Å². The summed E-state index contributed by atoms with van der Waals surface area (Å²) in [5.74, 6) is -0.0833. The SMILES string of the molecule is O=C(NCc1cc(Br)cs1)C1CCCN(Cc2cccc(F)c2)C1. The Morgan fingerprint density at radius 1 is 1.42 bits per heavy atom. The molecule has 1 fully saturated rings. The molecule has 2 aromatic rings. The monoisotopic (exact) mass is 410 g/mol. The van der Waals surface area contributed by atoms with E-state index < -0.39 is 0 Å². The second kappa shape index (κ2) is 8.23. The average Bonchev–Trinajstić information content (AvgIpc) is 2.98. The van der Waals surface area contributed by atoms with Crippen LogP contribution in [0.15, 0.2) is 40.2 Å². The molecule has 6 heteroatoms. The smallest absolute Gasteiger partial charge is 0.224 e. The highest BCUT2D eigenvalue weighted by molar-refractivity contribution is 9.10. The molecule has 0 spiro atoms. The van der Waals surface area contributed by atoms with Crippen LogP contribution in [0.2, 0.25) is 0 Å². The van der Waals surface area contributed by atoms with E-state index in [9.17, 15) is 9.18 Å². The van der Waals surface area contributed by atoms with Gasteiger partial charge in [-0.05, 0) is 59.1 Å². The predicted octanol–water partition coefficient (Wildman–Crippen LogP) is 4.18. The Balaban J connectivity index is 1.51. The Morgan fingerprint density at radius 2 is 2.29 bits per heavy atom. The van der Waals surface area contributed by atoms with Crippen molar-refractivity contribution in [2.75, 3.05) is 13.1 Å². The molecule has 1 aliphatic rings. The van der Waals surface area contributed by atoms with Gasteiger partial charge in [-0.25, -0.2) is 4.39 Å². The summed E-state index contributed by atoms with van der Waals surface area (Å²) in [6, 6.07) is 8.72. The normalized spacial score (nSPS) is 18.5. The molecular weight excluding hydrogens is 391 g/mol. The molecule has 2 heterocycles. The summed E-state index contributed by atoms with van der Waals surface area (Å²) in [6.45, 7) is 2.96. The first-order valence-electron chi connectivity index (χ1n) is 8.07. The third kappa shape index (κ3) is 4.88. The Morgan fingerprint density at radius 3 is 3.04 bits per heavy atom. The maximum Gasteiger partial charge on any atom is 0.224 e. The molecule has 3 rings (SSSR count). The van der Waals surface area contributed by atoms with Crippen LogP contribution in [-0.2, 0) is 17.9 Å². The minimum Gasteiger partial charge on any atom is -0.351 e. The first-order chi connectivity index (χ1) is 11.6. The molecule has 128 valence electrons. The zero-order valence-electron chi connectivity index (χ0n) is 13.3. The lowest BCUT2D eigenvalue weighted by Crippen LogP contribution is -2.42. The molecule has 1 N–H and O–H groups in total. The molecule has 1 aromatic carbocycles. The number of nitrogens with zero attached hydrogens (tertiary/aromatic N) is 1. The van der Waals surface area contributed by atoms with E-state index in [1.54, 1.807) is 23.5 Å². The lowest BCUT2D eigenvalue weighted by atomic mass is 9.96. The van der Waals surface area contributed by atoms with Gasteiger partial charge in [0, 0.05) is 27.8 Å². The number of amides is 1. The summed E-state index contributed by atoms with van der Waals surface area (Å²) >= 11 is 5.06. The van der Waals surface area contributed by atoms with Gasteiger partial charge in [-0.15, -0.1) is 11.3 Å². The van der Waals surface area contributed by atoms with E-state index in [0.29, 0.717) is 13.1 Å².